The van der Waals surface area contributed by atoms with E-state index in [0.29, 0.717) is 31.1 Å². The van der Waals surface area contributed by atoms with E-state index in [4.69, 9.17) is 4.74 Å². The molecule has 1 aliphatic heterocycles. The summed E-state index contributed by atoms with van der Waals surface area (Å²) in [5.74, 6) is 2.61. The predicted octanol–water partition coefficient (Wildman–Crippen LogP) is 2.31. The molecule has 1 fully saturated rings. The molecule has 1 saturated heterocycles. The van der Waals surface area contributed by atoms with Gasteiger partial charge in [0.25, 0.3) is 0 Å². The van der Waals surface area contributed by atoms with Crippen molar-refractivity contribution in [1.82, 2.24) is 19.9 Å². The molecule has 3 atom stereocenters. The van der Waals surface area contributed by atoms with Crippen LogP contribution in [0, 0.1) is 0 Å². The number of aliphatic hydroxyl groups is 1. The molecule has 0 amide bonds. The number of piperazine rings is 1. The summed E-state index contributed by atoms with van der Waals surface area (Å²) in [4.78, 5) is 33.8. The Balaban J connectivity index is 1.66. The molecule has 3 heterocycles. The van der Waals surface area contributed by atoms with Crippen molar-refractivity contribution >= 4 is 17.6 Å². The van der Waals surface area contributed by atoms with E-state index >= 15 is 0 Å². The van der Waals surface area contributed by atoms with Gasteiger partial charge in [-0.1, -0.05) is 6.92 Å². The average molecular weight is 429 g/mol. The molecule has 31 heavy (non-hydrogen) atoms. The van der Waals surface area contributed by atoms with Crippen LogP contribution in [0.4, 0.5) is 11.6 Å². The van der Waals surface area contributed by atoms with Crippen LogP contribution in [0.5, 0.6) is 0 Å². The molecule has 168 valence electrons. The number of nitrogens with zero attached hydrogens (tertiary/aromatic N) is 6. The van der Waals surface area contributed by atoms with E-state index in [1.54, 1.807) is 19.3 Å². The Labute approximate surface area is 183 Å². The van der Waals surface area contributed by atoms with E-state index in [2.05, 4.69) is 43.6 Å². The zero-order valence-electron chi connectivity index (χ0n) is 18.7. The van der Waals surface area contributed by atoms with Crippen LogP contribution in [-0.2, 0) is 16.0 Å². The number of ether oxygens (including phenoxy) is 1. The second-order valence-electron chi connectivity index (χ2n) is 8.01. The third-order valence-corrected chi connectivity index (χ3v) is 5.27. The van der Waals surface area contributed by atoms with Crippen molar-refractivity contribution in [3.05, 3.63) is 36.2 Å². The zero-order valence-corrected chi connectivity index (χ0v) is 18.7. The Kier molecular flexibility index (Phi) is 7.73. The van der Waals surface area contributed by atoms with Gasteiger partial charge in [0, 0.05) is 50.4 Å². The summed E-state index contributed by atoms with van der Waals surface area (Å²) in [5, 5.41) is 9.82. The first-order chi connectivity index (χ1) is 14.9. The van der Waals surface area contributed by atoms with E-state index in [-0.39, 0.29) is 18.1 Å². The van der Waals surface area contributed by atoms with Gasteiger partial charge in [-0.05, 0) is 39.3 Å². The highest BCUT2D eigenvalue weighted by Crippen LogP contribution is 2.26. The maximum atomic E-state index is 11.5. The van der Waals surface area contributed by atoms with Gasteiger partial charge in [-0.3, -0.25) is 4.79 Å². The molecule has 1 unspecified atom stereocenters. The largest absolute Gasteiger partial charge is 0.465 e. The first-order valence-corrected chi connectivity index (χ1v) is 10.9. The number of carbonyl (C=O) groups excluding carboxylic acids is 1. The van der Waals surface area contributed by atoms with Crippen molar-refractivity contribution in [1.29, 1.82) is 0 Å². The van der Waals surface area contributed by atoms with E-state index in [0.717, 1.165) is 31.1 Å². The molecule has 0 spiro atoms. The molecule has 0 saturated carbocycles. The number of rotatable bonds is 8. The van der Waals surface area contributed by atoms with Gasteiger partial charge in [0.15, 0.2) is 5.82 Å². The van der Waals surface area contributed by atoms with Crippen molar-refractivity contribution in [2.75, 3.05) is 29.5 Å². The molecule has 2 aromatic heterocycles. The predicted molar refractivity (Wildman–Crippen MR) is 118 cm³/mol. The molecule has 0 bridgehead atoms. The van der Waals surface area contributed by atoms with E-state index < -0.39 is 6.10 Å². The second-order valence-corrected chi connectivity index (χ2v) is 8.01. The maximum Gasteiger partial charge on any atom is 0.305 e. The van der Waals surface area contributed by atoms with Crippen LogP contribution in [0.2, 0.25) is 0 Å². The molecule has 1 aliphatic rings. The van der Waals surface area contributed by atoms with Crippen molar-refractivity contribution < 1.29 is 14.6 Å². The lowest BCUT2D eigenvalue weighted by Gasteiger charge is -2.45. The number of carbonyl (C=O) groups is 1. The Morgan fingerprint density at radius 2 is 1.84 bits per heavy atom. The summed E-state index contributed by atoms with van der Waals surface area (Å²) in [6.07, 6.45) is 4.46. The summed E-state index contributed by atoms with van der Waals surface area (Å²) < 4.78 is 5.23. The van der Waals surface area contributed by atoms with Gasteiger partial charge in [0.2, 0.25) is 0 Å². The molecule has 9 nitrogen and oxygen atoms in total. The molecule has 9 heteroatoms. The van der Waals surface area contributed by atoms with E-state index in [1.807, 2.05) is 19.1 Å². The third kappa shape index (κ3) is 5.88. The number of hydrogen-bond acceptors (Lipinski definition) is 9. The van der Waals surface area contributed by atoms with E-state index in [1.165, 1.54) is 0 Å². The van der Waals surface area contributed by atoms with Crippen molar-refractivity contribution in [2.24, 2.45) is 0 Å². The van der Waals surface area contributed by atoms with Crippen LogP contribution in [0.15, 0.2) is 24.5 Å². The Morgan fingerprint density at radius 1 is 1.16 bits per heavy atom. The molecule has 2 aromatic rings. The lowest BCUT2D eigenvalue weighted by molar-refractivity contribution is -0.143. The van der Waals surface area contributed by atoms with Crippen molar-refractivity contribution in [3.63, 3.8) is 0 Å². The smallest absolute Gasteiger partial charge is 0.305 e. The van der Waals surface area contributed by atoms with Crippen molar-refractivity contribution in [2.45, 2.75) is 65.1 Å². The number of aliphatic hydroxyl groups excluding tert-OH is 1. The van der Waals surface area contributed by atoms with Crippen LogP contribution in [0.3, 0.4) is 0 Å². The first kappa shape index (κ1) is 22.9. The maximum absolute atomic E-state index is 11.5. The minimum absolute atomic E-state index is 0.180. The molecule has 0 aromatic carbocycles. The van der Waals surface area contributed by atoms with E-state index in [9.17, 15) is 9.90 Å². The minimum atomic E-state index is -0.701. The van der Waals surface area contributed by atoms with Gasteiger partial charge in [-0.25, -0.2) is 19.9 Å². The summed E-state index contributed by atoms with van der Waals surface area (Å²) in [5.41, 5.74) is 0. The lowest BCUT2D eigenvalue weighted by atomic mass is 10.1. The summed E-state index contributed by atoms with van der Waals surface area (Å²) >= 11 is 0. The standard InChI is InChI=1S/C22H32N6O3/c1-5-6-21(30)31-12-9-18-23-10-7-19(25-18)27-13-15(2)28(16(3)14-27)20-8-11-24-22(26-20)17(4)29/h7-8,10-11,15-17,29H,5-6,9,12-14H2,1-4H3/t15-,16+,17?. The summed E-state index contributed by atoms with van der Waals surface area (Å²) in [6, 6.07) is 4.18. The fraction of sp³-hybridized carbons (Fsp3) is 0.591. The van der Waals surface area contributed by atoms with Gasteiger partial charge in [0.05, 0.1) is 6.61 Å². The van der Waals surface area contributed by atoms with Gasteiger partial charge >= 0.3 is 5.97 Å². The molecule has 0 radical (unpaired) electrons. The van der Waals surface area contributed by atoms with Gasteiger partial charge < -0.3 is 19.6 Å². The minimum Gasteiger partial charge on any atom is -0.465 e. The molecular formula is C22H32N6O3. The number of esters is 1. The number of hydrogen-bond donors (Lipinski definition) is 1. The normalized spacial score (nSPS) is 19.9. The average Bonchev–Trinajstić information content (AvgIpc) is 2.74. The first-order valence-electron chi connectivity index (χ1n) is 10.9. The molecular weight excluding hydrogens is 396 g/mol. The Bertz CT molecular complexity index is 866. The highest BCUT2D eigenvalue weighted by molar-refractivity contribution is 5.69. The van der Waals surface area contributed by atoms with Crippen LogP contribution in [0.1, 0.15) is 58.3 Å². The molecule has 3 rings (SSSR count). The Hall–Kier alpha value is -2.81. The third-order valence-electron chi connectivity index (χ3n) is 5.27. The highest BCUT2D eigenvalue weighted by Gasteiger charge is 2.31. The van der Waals surface area contributed by atoms with Crippen LogP contribution < -0.4 is 9.80 Å². The van der Waals surface area contributed by atoms with Crippen LogP contribution in [-0.4, -0.2) is 62.8 Å². The fourth-order valence-electron chi connectivity index (χ4n) is 3.89. The topological polar surface area (TPSA) is 105 Å². The summed E-state index contributed by atoms with van der Waals surface area (Å²) in [7, 11) is 0. The second kappa shape index (κ2) is 10.5. The van der Waals surface area contributed by atoms with Gasteiger partial charge in [-0.2, -0.15) is 0 Å². The lowest BCUT2D eigenvalue weighted by Crippen LogP contribution is -2.57. The molecule has 0 aliphatic carbocycles. The van der Waals surface area contributed by atoms with Crippen LogP contribution >= 0.6 is 0 Å². The van der Waals surface area contributed by atoms with Crippen LogP contribution in [0.25, 0.3) is 0 Å². The highest BCUT2D eigenvalue weighted by atomic mass is 16.5. The van der Waals surface area contributed by atoms with Gasteiger partial charge in [0.1, 0.15) is 23.6 Å². The Morgan fingerprint density at radius 3 is 2.52 bits per heavy atom. The zero-order chi connectivity index (χ0) is 22.4. The molecule has 1 N–H and O–H groups in total. The van der Waals surface area contributed by atoms with Gasteiger partial charge in [-0.15, -0.1) is 0 Å². The quantitative estimate of drug-likeness (QED) is 0.634. The SMILES string of the molecule is CCCC(=O)OCCc1nccc(N2C[C@@H](C)N(c3ccnc(C(C)O)n3)[C@@H](C)C2)n1. The monoisotopic (exact) mass is 428 g/mol. The van der Waals surface area contributed by atoms with Crippen molar-refractivity contribution in [3.8, 4) is 0 Å². The number of aromatic nitrogens is 4. The number of anilines is 2. The fourth-order valence-corrected chi connectivity index (χ4v) is 3.89. The summed E-state index contributed by atoms with van der Waals surface area (Å²) in [6.45, 7) is 9.78.